The van der Waals surface area contributed by atoms with Crippen molar-refractivity contribution in [3.8, 4) is 0 Å². The van der Waals surface area contributed by atoms with E-state index >= 15 is 0 Å². The molecule has 3 rings (SSSR count). The van der Waals surface area contributed by atoms with Gasteiger partial charge in [0.15, 0.2) is 0 Å². The first-order valence-corrected chi connectivity index (χ1v) is 7.13. The Bertz CT molecular complexity index is 659. The fourth-order valence-corrected chi connectivity index (χ4v) is 2.92. The minimum Gasteiger partial charge on any atom is -0.358 e. The lowest BCUT2D eigenvalue weighted by Crippen LogP contribution is -2.36. The number of carbonyl (C=O) groups is 1. The van der Waals surface area contributed by atoms with Gasteiger partial charge in [-0.3, -0.25) is 4.79 Å². The third-order valence-electron chi connectivity index (χ3n) is 4.30. The smallest absolute Gasteiger partial charge is 0.251 e. The van der Waals surface area contributed by atoms with Gasteiger partial charge in [0.25, 0.3) is 5.91 Å². The van der Waals surface area contributed by atoms with E-state index in [2.05, 4.69) is 36.1 Å². The molecule has 1 aliphatic heterocycles. The minimum absolute atomic E-state index is 0.0328. The van der Waals surface area contributed by atoms with Gasteiger partial charge in [0.2, 0.25) is 0 Å². The number of carbonyl (C=O) groups excluding carboxylic acids is 1. The van der Waals surface area contributed by atoms with Gasteiger partial charge in [-0.1, -0.05) is 0 Å². The van der Waals surface area contributed by atoms with Gasteiger partial charge in [0.1, 0.15) is 0 Å². The average molecular weight is 271 g/mol. The maximum absolute atomic E-state index is 12.3. The predicted molar refractivity (Wildman–Crippen MR) is 81.1 cm³/mol. The number of nitrogens with one attached hydrogen (secondary N) is 2. The number of fused-ring (bicyclic) bond motifs is 1. The number of aromatic amines is 1. The van der Waals surface area contributed by atoms with E-state index in [0.717, 1.165) is 41.7 Å². The van der Waals surface area contributed by atoms with Gasteiger partial charge in [-0.25, -0.2) is 0 Å². The minimum atomic E-state index is 0.0328. The van der Waals surface area contributed by atoms with Gasteiger partial charge in [0.05, 0.1) is 0 Å². The van der Waals surface area contributed by atoms with Crippen molar-refractivity contribution in [2.45, 2.75) is 26.3 Å². The van der Waals surface area contributed by atoms with E-state index in [9.17, 15) is 4.79 Å². The maximum atomic E-state index is 12.3. The molecule has 1 amide bonds. The molecule has 106 valence electrons. The molecule has 4 nitrogen and oxygen atoms in total. The summed E-state index contributed by atoms with van der Waals surface area (Å²) in [6.07, 6.45) is 1.03. The Kier molecular flexibility index (Phi) is 3.26. The Morgan fingerprint density at radius 3 is 2.90 bits per heavy atom. The van der Waals surface area contributed by atoms with E-state index in [-0.39, 0.29) is 11.9 Å². The topological polar surface area (TPSA) is 48.1 Å². The van der Waals surface area contributed by atoms with Crippen molar-refractivity contribution in [3.05, 3.63) is 35.0 Å². The lowest BCUT2D eigenvalue weighted by Gasteiger charge is -2.13. The number of rotatable bonds is 2. The molecule has 20 heavy (non-hydrogen) atoms. The van der Waals surface area contributed by atoms with Gasteiger partial charge in [-0.15, -0.1) is 0 Å². The molecule has 1 saturated heterocycles. The number of amides is 1. The van der Waals surface area contributed by atoms with Crippen molar-refractivity contribution in [2.75, 3.05) is 20.1 Å². The summed E-state index contributed by atoms with van der Waals surface area (Å²) >= 11 is 0. The maximum Gasteiger partial charge on any atom is 0.251 e. The highest BCUT2D eigenvalue weighted by molar-refractivity contribution is 5.99. The Hall–Kier alpha value is -1.81. The second-order valence-electron chi connectivity index (χ2n) is 5.86. The fraction of sp³-hybridized carbons (Fsp3) is 0.438. The summed E-state index contributed by atoms with van der Waals surface area (Å²) in [5.74, 6) is 0.0328. The second-order valence-corrected chi connectivity index (χ2v) is 5.86. The largest absolute Gasteiger partial charge is 0.358 e. The van der Waals surface area contributed by atoms with Crippen LogP contribution in [-0.2, 0) is 0 Å². The second kappa shape index (κ2) is 4.94. The van der Waals surface area contributed by atoms with Crippen LogP contribution in [0.25, 0.3) is 10.9 Å². The lowest BCUT2D eigenvalue weighted by molar-refractivity contribution is 0.0938. The first kappa shape index (κ1) is 13.2. The number of nitrogens with zero attached hydrogens (tertiary/aromatic N) is 1. The van der Waals surface area contributed by atoms with Gasteiger partial charge in [-0.05, 0) is 57.6 Å². The summed E-state index contributed by atoms with van der Waals surface area (Å²) in [7, 11) is 2.09. The SMILES string of the molecule is Cc1[nH]c2ccc(C(=O)NC3CCN(C)C3)cc2c1C. The van der Waals surface area contributed by atoms with Crippen LogP contribution in [-0.4, -0.2) is 42.0 Å². The first-order valence-electron chi connectivity index (χ1n) is 7.13. The van der Waals surface area contributed by atoms with E-state index < -0.39 is 0 Å². The molecule has 0 radical (unpaired) electrons. The zero-order valence-corrected chi connectivity index (χ0v) is 12.3. The molecule has 0 spiro atoms. The molecule has 4 heteroatoms. The number of benzene rings is 1. The van der Waals surface area contributed by atoms with Crippen molar-refractivity contribution in [1.82, 2.24) is 15.2 Å². The molecule has 1 aromatic heterocycles. The predicted octanol–water partition coefficient (Wildman–Crippen LogP) is 2.22. The number of likely N-dealkylation sites (N-methyl/N-ethyl adjacent to an activating group) is 1. The number of hydrogen-bond acceptors (Lipinski definition) is 2. The quantitative estimate of drug-likeness (QED) is 0.880. The zero-order chi connectivity index (χ0) is 14.3. The normalized spacial score (nSPS) is 19.6. The van der Waals surface area contributed by atoms with E-state index in [0.29, 0.717) is 0 Å². The van der Waals surface area contributed by atoms with Gasteiger partial charge in [-0.2, -0.15) is 0 Å². The molecule has 1 aliphatic rings. The number of aromatic nitrogens is 1. The van der Waals surface area contributed by atoms with Crippen LogP contribution in [0.1, 0.15) is 28.0 Å². The molecule has 2 heterocycles. The molecule has 2 aromatic rings. The van der Waals surface area contributed by atoms with Crippen molar-refractivity contribution in [2.24, 2.45) is 0 Å². The number of aryl methyl sites for hydroxylation is 2. The van der Waals surface area contributed by atoms with E-state index in [1.54, 1.807) is 0 Å². The van der Waals surface area contributed by atoms with Crippen LogP contribution in [0, 0.1) is 13.8 Å². The molecule has 0 saturated carbocycles. The number of H-pyrrole nitrogens is 1. The fourth-order valence-electron chi connectivity index (χ4n) is 2.92. The van der Waals surface area contributed by atoms with Crippen molar-refractivity contribution >= 4 is 16.8 Å². The van der Waals surface area contributed by atoms with Crippen molar-refractivity contribution < 1.29 is 4.79 Å². The molecule has 0 bridgehead atoms. The van der Waals surface area contributed by atoms with E-state index in [1.165, 1.54) is 5.56 Å². The molecule has 2 N–H and O–H groups in total. The van der Waals surface area contributed by atoms with Crippen LogP contribution >= 0.6 is 0 Å². The Morgan fingerprint density at radius 2 is 2.20 bits per heavy atom. The van der Waals surface area contributed by atoms with Crippen LogP contribution in [0.4, 0.5) is 0 Å². The molecule has 1 unspecified atom stereocenters. The third kappa shape index (κ3) is 2.31. The summed E-state index contributed by atoms with van der Waals surface area (Å²) in [6, 6.07) is 6.15. The summed E-state index contributed by atoms with van der Waals surface area (Å²) in [4.78, 5) is 17.9. The highest BCUT2D eigenvalue weighted by atomic mass is 16.1. The summed E-state index contributed by atoms with van der Waals surface area (Å²) in [5, 5.41) is 4.26. The highest BCUT2D eigenvalue weighted by Crippen LogP contribution is 2.22. The molecular weight excluding hydrogens is 250 g/mol. The summed E-state index contributed by atoms with van der Waals surface area (Å²) < 4.78 is 0. The van der Waals surface area contributed by atoms with Crippen LogP contribution in [0.5, 0.6) is 0 Å². The van der Waals surface area contributed by atoms with Crippen LogP contribution < -0.4 is 5.32 Å². The van der Waals surface area contributed by atoms with Crippen LogP contribution in [0.3, 0.4) is 0 Å². The van der Waals surface area contributed by atoms with Crippen molar-refractivity contribution in [3.63, 3.8) is 0 Å². The van der Waals surface area contributed by atoms with Gasteiger partial charge >= 0.3 is 0 Å². The summed E-state index contributed by atoms with van der Waals surface area (Å²) in [5.41, 5.74) is 4.22. The molecule has 1 aromatic carbocycles. The first-order chi connectivity index (χ1) is 9.54. The van der Waals surface area contributed by atoms with Crippen molar-refractivity contribution in [1.29, 1.82) is 0 Å². The van der Waals surface area contributed by atoms with Crippen LogP contribution in [0.2, 0.25) is 0 Å². The van der Waals surface area contributed by atoms with E-state index in [4.69, 9.17) is 0 Å². The molecule has 1 fully saturated rings. The van der Waals surface area contributed by atoms with E-state index in [1.807, 2.05) is 18.2 Å². The molecular formula is C16H21N3O. The Balaban J connectivity index is 1.82. The third-order valence-corrected chi connectivity index (χ3v) is 4.30. The number of hydrogen-bond donors (Lipinski definition) is 2. The molecule has 0 aliphatic carbocycles. The average Bonchev–Trinajstić information content (AvgIpc) is 2.94. The monoisotopic (exact) mass is 271 g/mol. The van der Waals surface area contributed by atoms with Gasteiger partial charge in [0, 0.05) is 34.7 Å². The number of likely N-dealkylation sites (tertiary alicyclic amines) is 1. The Morgan fingerprint density at radius 1 is 1.40 bits per heavy atom. The summed E-state index contributed by atoms with van der Waals surface area (Å²) in [6.45, 7) is 6.14. The van der Waals surface area contributed by atoms with Crippen LogP contribution in [0.15, 0.2) is 18.2 Å². The zero-order valence-electron chi connectivity index (χ0n) is 12.3. The lowest BCUT2D eigenvalue weighted by atomic mass is 10.1. The molecule has 1 atom stereocenters. The Labute approximate surface area is 119 Å². The van der Waals surface area contributed by atoms with Gasteiger partial charge < -0.3 is 15.2 Å². The standard InChI is InChI=1S/C16H21N3O/c1-10-11(2)17-15-5-4-12(8-14(10)15)16(20)18-13-6-7-19(3)9-13/h4-5,8,13,17H,6-7,9H2,1-3H3,(H,18,20). The highest BCUT2D eigenvalue weighted by Gasteiger charge is 2.21.